The predicted octanol–water partition coefficient (Wildman–Crippen LogP) is 4.01. The lowest BCUT2D eigenvalue weighted by atomic mass is 10.2. The predicted molar refractivity (Wildman–Crippen MR) is 76.2 cm³/mol. The van der Waals surface area contributed by atoms with Gasteiger partial charge in [0.25, 0.3) is 0 Å². The Bertz CT molecular complexity index is 531. The van der Waals surface area contributed by atoms with Gasteiger partial charge in [0, 0.05) is 23.3 Å². The minimum atomic E-state index is 0.534. The highest BCUT2D eigenvalue weighted by molar-refractivity contribution is 9.10. The molecule has 0 aliphatic rings. The monoisotopic (exact) mass is 326 g/mol. The van der Waals surface area contributed by atoms with Gasteiger partial charge < -0.3 is 10.1 Å². The molecule has 1 heterocycles. The number of ether oxygens (including phenoxy) is 1. The van der Waals surface area contributed by atoms with Crippen LogP contribution in [-0.2, 0) is 6.54 Å². The van der Waals surface area contributed by atoms with E-state index in [1.54, 1.807) is 6.20 Å². The first-order valence-electron chi connectivity index (χ1n) is 5.41. The number of pyridine rings is 1. The Kier molecular flexibility index (Phi) is 4.58. The van der Waals surface area contributed by atoms with Crippen LogP contribution >= 0.6 is 27.5 Å². The van der Waals surface area contributed by atoms with Gasteiger partial charge in [0.05, 0.1) is 5.02 Å². The molecule has 0 saturated carbocycles. The van der Waals surface area contributed by atoms with Crippen LogP contribution in [0.3, 0.4) is 0 Å². The third kappa shape index (κ3) is 3.45. The highest BCUT2D eigenvalue weighted by atomic mass is 79.9. The fourth-order valence-corrected chi connectivity index (χ4v) is 1.90. The van der Waals surface area contributed by atoms with Crippen molar-refractivity contribution in [1.82, 2.24) is 10.3 Å². The second kappa shape index (κ2) is 6.18. The zero-order valence-electron chi connectivity index (χ0n) is 9.78. The van der Waals surface area contributed by atoms with E-state index in [0.29, 0.717) is 17.4 Å². The lowest BCUT2D eigenvalue weighted by Gasteiger charge is -2.08. The van der Waals surface area contributed by atoms with Crippen LogP contribution in [-0.4, -0.2) is 12.0 Å². The molecule has 0 aliphatic heterocycles. The van der Waals surface area contributed by atoms with E-state index in [9.17, 15) is 0 Å². The standard InChI is InChI=1S/C13H12BrClN2O/c1-16-7-9-6-13(17-8-12(9)15)18-11-4-2-10(14)3-5-11/h2-6,8,16H,7H2,1H3. The van der Waals surface area contributed by atoms with E-state index in [-0.39, 0.29) is 0 Å². The highest BCUT2D eigenvalue weighted by Crippen LogP contribution is 2.24. The van der Waals surface area contributed by atoms with Crippen molar-refractivity contribution in [2.45, 2.75) is 6.54 Å². The van der Waals surface area contributed by atoms with Crippen LogP contribution in [0.2, 0.25) is 5.02 Å². The maximum atomic E-state index is 6.03. The van der Waals surface area contributed by atoms with E-state index >= 15 is 0 Å². The van der Waals surface area contributed by atoms with Gasteiger partial charge in [-0.3, -0.25) is 0 Å². The summed E-state index contributed by atoms with van der Waals surface area (Å²) >= 11 is 9.41. The average Bonchev–Trinajstić information content (AvgIpc) is 2.37. The summed E-state index contributed by atoms with van der Waals surface area (Å²) in [4.78, 5) is 4.15. The fraction of sp³-hybridized carbons (Fsp3) is 0.154. The summed E-state index contributed by atoms with van der Waals surface area (Å²) in [6.45, 7) is 0.679. The molecule has 0 amide bonds. The van der Waals surface area contributed by atoms with E-state index in [1.807, 2.05) is 37.4 Å². The Morgan fingerprint density at radius 3 is 2.72 bits per heavy atom. The molecule has 0 atom stereocenters. The van der Waals surface area contributed by atoms with Gasteiger partial charge in [0.2, 0.25) is 5.88 Å². The topological polar surface area (TPSA) is 34.1 Å². The SMILES string of the molecule is CNCc1cc(Oc2ccc(Br)cc2)ncc1Cl. The Morgan fingerprint density at radius 1 is 1.33 bits per heavy atom. The third-order valence-electron chi connectivity index (χ3n) is 2.31. The number of hydrogen-bond donors (Lipinski definition) is 1. The van der Waals surface area contributed by atoms with Gasteiger partial charge in [0.15, 0.2) is 0 Å². The first-order chi connectivity index (χ1) is 8.69. The van der Waals surface area contributed by atoms with Gasteiger partial charge in [-0.15, -0.1) is 0 Å². The van der Waals surface area contributed by atoms with E-state index in [0.717, 1.165) is 15.8 Å². The van der Waals surface area contributed by atoms with E-state index in [1.165, 1.54) is 0 Å². The number of halogens is 2. The van der Waals surface area contributed by atoms with Crippen LogP contribution in [0.25, 0.3) is 0 Å². The van der Waals surface area contributed by atoms with E-state index in [4.69, 9.17) is 16.3 Å². The van der Waals surface area contributed by atoms with Crippen molar-refractivity contribution in [2.75, 3.05) is 7.05 Å². The molecule has 0 spiro atoms. The second-order valence-electron chi connectivity index (χ2n) is 3.70. The van der Waals surface area contributed by atoms with Crippen molar-refractivity contribution in [3.05, 3.63) is 51.6 Å². The summed E-state index contributed by atoms with van der Waals surface area (Å²) in [6.07, 6.45) is 1.60. The van der Waals surface area contributed by atoms with Gasteiger partial charge in [0.1, 0.15) is 5.75 Å². The number of benzene rings is 1. The molecule has 2 rings (SSSR count). The molecule has 0 radical (unpaired) electrons. The molecule has 0 saturated heterocycles. The molecule has 1 N–H and O–H groups in total. The van der Waals surface area contributed by atoms with Gasteiger partial charge in [-0.1, -0.05) is 27.5 Å². The molecule has 0 aliphatic carbocycles. The van der Waals surface area contributed by atoms with Crippen LogP contribution < -0.4 is 10.1 Å². The van der Waals surface area contributed by atoms with Gasteiger partial charge in [-0.2, -0.15) is 0 Å². The van der Waals surface area contributed by atoms with E-state index in [2.05, 4.69) is 26.2 Å². The summed E-state index contributed by atoms with van der Waals surface area (Å²) in [7, 11) is 1.87. The molecule has 5 heteroatoms. The smallest absolute Gasteiger partial charge is 0.219 e. The largest absolute Gasteiger partial charge is 0.439 e. The van der Waals surface area contributed by atoms with Gasteiger partial charge in [-0.05, 0) is 36.9 Å². The summed E-state index contributed by atoms with van der Waals surface area (Å²) < 4.78 is 6.67. The average molecular weight is 328 g/mol. The maximum absolute atomic E-state index is 6.03. The van der Waals surface area contributed by atoms with Gasteiger partial charge in [-0.25, -0.2) is 4.98 Å². The van der Waals surface area contributed by atoms with Crippen LogP contribution in [0.15, 0.2) is 41.0 Å². The Morgan fingerprint density at radius 2 is 2.06 bits per heavy atom. The quantitative estimate of drug-likeness (QED) is 0.921. The number of nitrogens with one attached hydrogen (secondary N) is 1. The molecule has 2 aromatic rings. The number of hydrogen-bond acceptors (Lipinski definition) is 3. The third-order valence-corrected chi connectivity index (χ3v) is 3.18. The Labute approximate surface area is 119 Å². The van der Waals surface area contributed by atoms with Crippen molar-refractivity contribution in [3.8, 4) is 11.6 Å². The lowest BCUT2D eigenvalue weighted by Crippen LogP contribution is -2.06. The van der Waals surface area contributed by atoms with Crippen LogP contribution in [0.5, 0.6) is 11.6 Å². The van der Waals surface area contributed by atoms with Crippen molar-refractivity contribution >= 4 is 27.5 Å². The normalized spacial score (nSPS) is 10.4. The van der Waals surface area contributed by atoms with Crippen LogP contribution in [0.4, 0.5) is 0 Å². The second-order valence-corrected chi connectivity index (χ2v) is 5.02. The van der Waals surface area contributed by atoms with Crippen LogP contribution in [0.1, 0.15) is 5.56 Å². The van der Waals surface area contributed by atoms with Crippen molar-refractivity contribution in [1.29, 1.82) is 0 Å². The van der Waals surface area contributed by atoms with Crippen LogP contribution in [0, 0.1) is 0 Å². The molecule has 94 valence electrons. The zero-order chi connectivity index (χ0) is 13.0. The molecular formula is C13H12BrClN2O. The Hall–Kier alpha value is -1.10. The first-order valence-corrected chi connectivity index (χ1v) is 6.58. The minimum Gasteiger partial charge on any atom is -0.439 e. The Balaban J connectivity index is 2.18. The molecule has 1 aromatic heterocycles. The number of nitrogens with zero attached hydrogens (tertiary/aromatic N) is 1. The first kappa shape index (κ1) is 13.3. The molecule has 3 nitrogen and oxygen atoms in total. The number of aromatic nitrogens is 1. The van der Waals surface area contributed by atoms with Crippen molar-refractivity contribution in [3.63, 3.8) is 0 Å². The lowest BCUT2D eigenvalue weighted by molar-refractivity contribution is 0.462. The van der Waals surface area contributed by atoms with Crippen molar-refractivity contribution < 1.29 is 4.74 Å². The summed E-state index contributed by atoms with van der Waals surface area (Å²) in [5.74, 6) is 1.27. The van der Waals surface area contributed by atoms with E-state index < -0.39 is 0 Å². The summed E-state index contributed by atoms with van der Waals surface area (Å²) in [6, 6.07) is 9.41. The molecule has 0 unspecified atom stereocenters. The summed E-state index contributed by atoms with van der Waals surface area (Å²) in [5.41, 5.74) is 0.960. The summed E-state index contributed by atoms with van der Waals surface area (Å²) in [5, 5.41) is 3.68. The zero-order valence-corrected chi connectivity index (χ0v) is 12.1. The molecule has 0 fully saturated rings. The number of rotatable bonds is 4. The molecule has 18 heavy (non-hydrogen) atoms. The molecular weight excluding hydrogens is 316 g/mol. The molecule has 0 bridgehead atoms. The molecule has 1 aromatic carbocycles. The minimum absolute atomic E-state index is 0.534. The highest BCUT2D eigenvalue weighted by Gasteiger charge is 2.04. The maximum Gasteiger partial charge on any atom is 0.219 e. The fourth-order valence-electron chi connectivity index (χ4n) is 1.46. The van der Waals surface area contributed by atoms with Crippen molar-refractivity contribution in [2.24, 2.45) is 0 Å². The van der Waals surface area contributed by atoms with Gasteiger partial charge >= 0.3 is 0 Å².